The molecule has 0 atom stereocenters. The molecule has 0 aliphatic carbocycles. The molecule has 1 saturated heterocycles. The molecule has 5 amide bonds. The summed E-state index contributed by atoms with van der Waals surface area (Å²) in [6.07, 6.45) is 1.28. The lowest BCUT2D eigenvalue weighted by atomic mass is 10.1. The highest BCUT2D eigenvalue weighted by atomic mass is 35.5. The van der Waals surface area contributed by atoms with Crippen LogP contribution in [0.5, 0.6) is 11.5 Å². The number of anilines is 2. The molecule has 1 fully saturated rings. The van der Waals surface area contributed by atoms with Gasteiger partial charge in [-0.25, -0.2) is 9.69 Å². The molecule has 40 heavy (non-hydrogen) atoms. The van der Waals surface area contributed by atoms with Crippen LogP contribution in [0, 0.1) is 13.8 Å². The van der Waals surface area contributed by atoms with Gasteiger partial charge in [0, 0.05) is 10.7 Å². The van der Waals surface area contributed by atoms with Crippen molar-refractivity contribution in [3.8, 4) is 11.5 Å². The maximum atomic E-state index is 13.2. The Kier molecular flexibility index (Phi) is 8.77. The van der Waals surface area contributed by atoms with Gasteiger partial charge in [-0.1, -0.05) is 41.4 Å². The van der Waals surface area contributed by atoms with E-state index in [1.165, 1.54) is 30.3 Å². The zero-order valence-electron chi connectivity index (χ0n) is 21.8. The SMILES string of the molecule is CCOc1cc(/C=C2\C(=O)NC(=O)N(c3cccc(Cl)c3)C2=O)cc(Cl)c1OCC(=O)Nc1cccc(C)c1C. The van der Waals surface area contributed by atoms with Crippen LogP contribution in [0.25, 0.3) is 6.08 Å². The van der Waals surface area contributed by atoms with Gasteiger partial charge in [-0.05, 0) is 79.9 Å². The average molecular weight is 582 g/mol. The first-order valence-electron chi connectivity index (χ1n) is 12.2. The molecule has 1 aliphatic rings. The first-order valence-corrected chi connectivity index (χ1v) is 13.0. The van der Waals surface area contributed by atoms with E-state index in [2.05, 4.69) is 10.6 Å². The van der Waals surface area contributed by atoms with Gasteiger partial charge in [0.05, 0.1) is 17.3 Å². The van der Waals surface area contributed by atoms with E-state index >= 15 is 0 Å². The molecule has 0 unspecified atom stereocenters. The fraction of sp³-hybridized carbons (Fsp3) is 0.172. The Balaban J connectivity index is 1.58. The monoisotopic (exact) mass is 581 g/mol. The van der Waals surface area contributed by atoms with Crippen LogP contribution in [0.3, 0.4) is 0 Å². The van der Waals surface area contributed by atoms with Gasteiger partial charge in [-0.15, -0.1) is 0 Å². The zero-order valence-corrected chi connectivity index (χ0v) is 23.4. The molecule has 0 spiro atoms. The lowest BCUT2D eigenvalue weighted by Crippen LogP contribution is -2.54. The molecule has 9 nitrogen and oxygen atoms in total. The molecule has 206 valence electrons. The Hall–Kier alpha value is -4.34. The lowest BCUT2D eigenvalue weighted by Gasteiger charge is -2.26. The van der Waals surface area contributed by atoms with Crippen LogP contribution in [0.2, 0.25) is 10.0 Å². The molecule has 3 aromatic carbocycles. The highest BCUT2D eigenvalue weighted by molar-refractivity contribution is 6.39. The number of benzene rings is 3. The predicted octanol–water partition coefficient (Wildman–Crippen LogP) is 5.69. The van der Waals surface area contributed by atoms with Crippen LogP contribution in [-0.2, 0) is 14.4 Å². The quantitative estimate of drug-likeness (QED) is 0.261. The normalized spacial score (nSPS) is 14.3. The fourth-order valence-electron chi connectivity index (χ4n) is 3.96. The highest BCUT2D eigenvalue weighted by Crippen LogP contribution is 2.38. The second-order valence-electron chi connectivity index (χ2n) is 8.79. The third kappa shape index (κ3) is 6.27. The number of ether oxygens (including phenoxy) is 2. The second-order valence-corrected chi connectivity index (χ2v) is 9.63. The summed E-state index contributed by atoms with van der Waals surface area (Å²) in [4.78, 5) is 51.6. The van der Waals surface area contributed by atoms with Crippen molar-refractivity contribution in [2.75, 3.05) is 23.4 Å². The Morgan fingerprint density at radius 2 is 1.77 bits per heavy atom. The van der Waals surface area contributed by atoms with Crippen molar-refractivity contribution in [1.82, 2.24) is 5.32 Å². The number of hydrogen-bond donors (Lipinski definition) is 2. The van der Waals surface area contributed by atoms with E-state index in [4.69, 9.17) is 32.7 Å². The number of rotatable bonds is 8. The standard InChI is InChI=1S/C29H25Cl2N3O6/c1-4-39-24-13-18(11-21-27(36)33-29(38)34(28(21)37)20-9-6-8-19(30)14-20)12-22(31)26(24)40-15-25(35)32-23-10-5-7-16(2)17(23)3/h5-14H,4,15H2,1-3H3,(H,32,35)(H,33,36,38)/b21-11+. The van der Waals surface area contributed by atoms with Crippen molar-refractivity contribution in [3.05, 3.63) is 86.9 Å². The Morgan fingerprint density at radius 1 is 1.02 bits per heavy atom. The van der Waals surface area contributed by atoms with Gasteiger partial charge in [-0.3, -0.25) is 19.7 Å². The van der Waals surface area contributed by atoms with E-state index in [-0.39, 0.29) is 41.0 Å². The largest absolute Gasteiger partial charge is 0.490 e. The molecule has 1 aliphatic heterocycles. The summed E-state index contributed by atoms with van der Waals surface area (Å²) in [5.41, 5.74) is 2.88. The summed E-state index contributed by atoms with van der Waals surface area (Å²) in [5, 5.41) is 5.37. The summed E-state index contributed by atoms with van der Waals surface area (Å²) >= 11 is 12.5. The summed E-state index contributed by atoms with van der Waals surface area (Å²) in [7, 11) is 0. The molecule has 1 heterocycles. The molecular formula is C29H25Cl2N3O6. The number of amides is 5. The van der Waals surface area contributed by atoms with E-state index in [1.807, 2.05) is 26.0 Å². The molecule has 2 N–H and O–H groups in total. The summed E-state index contributed by atoms with van der Waals surface area (Å²) < 4.78 is 11.4. The lowest BCUT2D eigenvalue weighted by molar-refractivity contribution is -0.122. The van der Waals surface area contributed by atoms with Gasteiger partial charge in [0.25, 0.3) is 17.7 Å². The average Bonchev–Trinajstić information content (AvgIpc) is 2.89. The number of aryl methyl sites for hydroxylation is 1. The topological polar surface area (TPSA) is 114 Å². The Morgan fingerprint density at radius 3 is 2.50 bits per heavy atom. The molecule has 0 aromatic heterocycles. The number of barbiturate groups is 1. The molecule has 0 bridgehead atoms. The Bertz CT molecular complexity index is 1550. The van der Waals surface area contributed by atoms with Crippen molar-refractivity contribution in [2.45, 2.75) is 20.8 Å². The first-order chi connectivity index (χ1) is 19.1. The predicted molar refractivity (Wildman–Crippen MR) is 153 cm³/mol. The summed E-state index contributed by atoms with van der Waals surface area (Å²) in [5.74, 6) is -1.78. The number of halogens is 2. The molecular weight excluding hydrogens is 557 g/mol. The number of nitrogens with zero attached hydrogens (tertiary/aromatic N) is 1. The minimum Gasteiger partial charge on any atom is -0.490 e. The van der Waals surface area contributed by atoms with Gasteiger partial charge in [-0.2, -0.15) is 0 Å². The van der Waals surface area contributed by atoms with E-state index in [1.54, 1.807) is 25.1 Å². The number of nitrogens with one attached hydrogen (secondary N) is 2. The second kappa shape index (κ2) is 12.2. The van der Waals surface area contributed by atoms with E-state index in [0.29, 0.717) is 16.3 Å². The van der Waals surface area contributed by atoms with Crippen molar-refractivity contribution in [2.24, 2.45) is 0 Å². The first kappa shape index (κ1) is 28.7. The van der Waals surface area contributed by atoms with Crippen LogP contribution < -0.4 is 25.0 Å². The zero-order chi connectivity index (χ0) is 29.0. The van der Waals surface area contributed by atoms with E-state index < -0.39 is 23.8 Å². The molecule has 0 saturated carbocycles. The number of carbonyl (C=O) groups is 4. The van der Waals surface area contributed by atoms with Crippen molar-refractivity contribution >= 4 is 64.4 Å². The maximum Gasteiger partial charge on any atom is 0.335 e. The summed E-state index contributed by atoms with van der Waals surface area (Å²) in [6, 6.07) is 13.8. The highest BCUT2D eigenvalue weighted by Gasteiger charge is 2.37. The third-order valence-corrected chi connectivity index (χ3v) is 6.55. The molecule has 3 aromatic rings. The fourth-order valence-corrected chi connectivity index (χ4v) is 4.42. The van der Waals surface area contributed by atoms with Gasteiger partial charge < -0.3 is 14.8 Å². The van der Waals surface area contributed by atoms with Crippen LogP contribution >= 0.6 is 23.2 Å². The van der Waals surface area contributed by atoms with Crippen LogP contribution in [0.15, 0.2) is 60.2 Å². The minimum absolute atomic E-state index is 0.0868. The maximum absolute atomic E-state index is 13.2. The van der Waals surface area contributed by atoms with E-state index in [0.717, 1.165) is 16.0 Å². The van der Waals surface area contributed by atoms with Crippen molar-refractivity contribution in [1.29, 1.82) is 0 Å². The smallest absolute Gasteiger partial charge is 0.335 e. The number of imide groups is 2. The molecule has 0 radical (unpaired) electrons. The van der Waals surface area contributed by atoms with Crippen LogP contribution in [0.1, 0.15) is 23.6 Å². The van der Waals surface area contributed by atoms with E-state index in [9.17, 15) is 19.2 Å². The van der Waals surface area contributed by atoms with Crippen molar-refractivity contribution in [3.63, 3.8) is 0 Å². The minimum atomic E-state index is -0.898. The van der Waals surface area contributed by atoms with Gasteiger partial charge in [0.15, 0.2) is 18.1 Å². The molecule has 4 rings (SSSR count). The number of urea groups is 1. The Labute approximate surface area is 240 Å². The van der Waals surface area contributed by atoms with Gasteiger partial charge in [0.1, 0.15) is 5.57 Å². The third-order valence-electron chi connectivity index (χ3n) is 6.04. The summed E-state index contributed by atoms with van der Waals surface area (Å²) in [6.45, 7) is 5.51. The van der Waals surface area contributed by atoms with Gasteiger partial charge >= 0.3 is 6.03 Å². The van der Waals surface area contributed by atoms with Crippen LogP contribution in [0.4, 0.5) is 16.2 Å². The number of hydrogen-bond acceptors (Lipinski definition) is 6. The van der Waals surface area contributed by atoms with Gasteiger partial charge in [0.2, 0.25) is 0 Å². The van der Waals surface area contributed by atoms with Crippen molar-refractivity contribution < 1.29 is 28.7 Å². The van der Waals surface area contributed by atoms with Crippen LogP contribution in [-0.4, -0.2) is 37.0 Å². The molecule has 11 heteroatoms. The number of carbonyl (C=O) groups excluding carboxylic acids is 4.